The summed E-state index contributed by atoms with van der Waals surface area (Å²) in [4.78, 5) is 22.8. The molecule has 0 amide bonds. The topological polar surface area (TPSA) is 57.2 Å². The lowest BCUT2D eigenvalue weighted by Crippen LogP contribution is -2.36. The molecule has 0 aromatic heterocycles. The maximum atomic E-state index is 13.2. The molecule has 0 spiro atoms. The maximum absolute atomic E-state index is 13.2. The van der Waals surface area contributed by atoms with Crippen LogP contribution in [0.4, 0.5) is 13.2 Å². The van der Waals surface area contributed by atoms with Crippen molar-refractivity contribution in [2.75, 3.05) is 39.5 Å². The van der Waals surface area contributed by atoms with Crippen molar-refractivity contribution in [2.45, 2.75) is 20.0 Å². The van der Waals surface area contributed by atoms with Crippen molar-refractivity contribution >= 4 is 11.5 Å². The standard InChI is InChI=1S/C32H30F3NO5/c1-23-22-29(13-14-31(23)41-40-24(2)37)39-19-15-30(27-9-11-28(12-10-27)32(33,34)35)26-7-5-25(6-8-26)4-3-16-36-17-20-38-21-18-36/h5-15,22H,16-21H2,1-2H3. The molecule has 3 aromatic carbocycles. The number of carbonyl (C=O) groups excluding carboxylic acids is 1. The predicted molar refractivity (Wildman–Crippen MR) is 148 cm³/mol. The van der Waals surface area contributed by atoms with Crippen LogP contribution in [0, 0.1) is 18.8 Å². The van der Waals surface area contributed by atoms with Gasteiger partial charge in [0.05, 0.1) is 25.3 Å². The molecule has 6 nitrogen and oxygen atoms in total. The molecule has 0 saturated carbocycles. The Kier molecular flexibility index (Phi) is 10.1. The van der Waals surface area contributed by atoms with Gasteiger partial charge < -0.3 is 9.47 Å². The third-order valence-electron chi connectivity index (χ3n) is 6.29. The smallest absolute Gasteiger partial charge is 0.416 e. The summed E-state index contributed by atoms with van der Waals surface area (Å²) in [6.07, 6.45) is -2.60. The van der Waals surface area contributed by atoms with Crippen LogP contribution in [0.3, 0.4) is 0 Å². The van der Waals surface area contributed by atoms with Gasteiger partial charge in [0.1, 0.15) is 12.4 Å². The lowest BCUT2D eigenvalue weighted by molar-refractivity contribution is -0.211. The van der Waals surface area contributed by atoms with E-state index < -0.39 is 17.7 Å². The SMILES string of the molecule is CC(=O)OOc1ccc(OCC=C(c2ccc(C#CCN3CCOCC3)cc2)c2ccc(C(F)(F)F)cc2)cc1C. The molecule has 0 aliphatic carbocycles. The van der Waals surface area contributed by atoms with E-state index in [0.29, 0.717) is 42.4 Å². The molecule has 9 heteroatoms. The highest BCUT2D eigenvalue weighted by molar-refractivity contribution is 5.80. The number of aryl methyl sites for hydroxylation is 1. The van der Waals surface area contributed by atoms with Gasteiger partial charge in [0.15, 0.2) is 5.75 Å². The number of alkyl halides is 3. The normalized spacial score (nSPS) is 14.1. The molecule has 0 unspecified atom stereocenters. The second-order valence-electron chi connectivity index (χ2n) is 9.36. The Morgan fingerprint density at radius 3 is 2.27 bits per heavy atom. The monoisotopic (exact) mass is 565 g/mol. The number of nitrogens with zero attached hydrogens (tertiary/aromatic N) is 1. The summed E-state index contributed by atoms with van der Waals surface area (Å²) >= 11 is 0. The fourth-order valence-electron chi connectivity index (χ4n) is 4.12. The first-order valence-corrected chi connectivity index (χ1v) is 13.0. The first-order valence-electron chi connectivity index (χ1n) is 13.0. The number of hydrogen-bond acceptors (Lipinski definition) is 6. The Labute approximate surface area is 237 Å². The Morgan fingerprint density at radius 2 is 1.66 bits per heavy atom. The van der Waals surface area contributed by atoms with Crippen LogP contribution in [0.1, 0.15) is 34.7 Å². The van der Waals surface area contributed by atoms with Crippen LogP contribution in [0.25, 0.3) is 5.57 Å². The predicted octanol–water partition coefficient (Wildman–Crippen LogP) is 6.07. The van der Waals surface area contributed by atoms with Gasteiger partial charge >= 0.3 is 12.1 Å². The second-order valence-corrected chi connectivity index (χ2v) is 9.36. The summed E-state index contributed by atoms with van der Waals surface area (Å²) in [5.74, 6) is 6.72. The number of morpholine rings is 1. The van der Waals surface area contributed by atoms with E-state index >= 15 is 0 Å². The molecule has 4 rings (SSSR count). The van der Waals surface area contributed by atoms with Gasteiger partial charge in [-0.15, -0.1) is 0 Å². The third kappa shape index (κ3) is 8.87. The number of hydrogen-bond donors (Lipinski definition) is 0. The van der Waals surface area contributed by atoms with Gasteiger partial charge in [-0.25, -0.2) is 4.79 Å². The summed E-state index contributed by atoms with van der Waals surface area (Å²) in [6.45, 7) is 6.99. The minimum atomic E-state index is -4.42. The summed E-state index contributed by atoms with van der Waals surface area (Å²) in [7, 11) is 0. The molecule has 214 valence electrons. The van der Waals surface area contributed by atoms with E-state index in [9.17, 15) is 18.0 Å². The van der Waals surface area contributed by atoms with E-state index in [1.165, 1.54) is 19.1 Å². The fourth-order valence-corrected chi connectivity index (χ4v) is 4.12. The van der Waals surface area contributed by atoms with Crippen LogP contribution >= 0.6 is 0 Å². The fraction of sp³-hybridized carbons (Fsp3) is 0.281. The number of ether oxygens (including phenoxy) is 2. The number of halogens is 3. The molecule has 1 aliphatic rings. The van der Waals surface area contributed by atoms with E-state index in [1.54, 1.807) is 25.1 Å². The average molecular weight is 566 g/mol. The molecule has 0 N–H and O–H groups in total. The molecule has 0 bridgehead atoms. The molecule has 3 aromatic rings. The van der Waals surface area contributed by atoms with Crippen molar-refractivity contribution in [3.63, 3.8) is 0 Å². The van der Waals surface area contributed by atoms with Gasteiger partial charge in [0.2, 0.25) is 0 Å². The van der Waals surface area contributed by atoms with Crippen molar-refractivity contribution in [3.8, 4) is 23.3 Å². The molecule has 1 fully saturated rings. The average Bonchev–Trinajstić information content (AvgIpc) is 2.95. The van der Waals surface area contributed by atoms with Gasteiger partial charge in [-0.2, -0.15) is 13.2 Å². The largest absolute Gasteiger partial charge is 0.489 e. The Bertz CT molecular complexity index is 1410. The Morgan fingerprint density at radius 1 is 1.00 bits per heavy atom. The first-order chi connectivity index (χ1) is 19.7. The Balaban J connectivity index is 1.51. The first kappa shape index (κ1) is 29.7. The van der Waals surface area contributed by atoms with Crippen LogP contribution in [-0.2, 0) is 20.6 Å². The minimum Gasteiger partial charge on any atom is -0.489 e. The highest BCUT2D eigenvalue weighted by atomic mass is 19.4. The highest BCUT2D eigenvalue weighted by Gasteiger charge is 2.30. The van der Waals surface area contributed by atoms with E-state index in [0.717, 1.165) is 41.9 Å². The second kappa shape index (κ2) is 13.9. The summed E-state index contributed by atoms with van der Waals surface area (Å²) < 4.78 is 50.7. The minimum absolute atomic E-state index is 0.154. The van der Waals surface area contributed by atoms with E-state index in [2.05, 4.69) is 21.6 Å². The molecule has 1 aliphatic heterocycles. The van der Waals surface area contributed by atoms with Crippen LogP contribution in [0.15, 0.2) is 72.8 Å². The highest BCUT2D eigenvalue weighted by Crippen LogP contribution is 2.32. The molecule has 0 atom stereocenters. The molecular weight excluding hydrogens is 535 g/mol. The third-order valence-corrected chi connectivity index (χ3v) is 6.29. The Hall–Kier alpha value is -4.26. The van der Waals surface area contributed by atoms with Crippen LogP contribution in [-0.4, -0.2) is 50.3 Å². The summed E-state index contributed by atoms with van der Waals surface area (Å²) in [6, 6.07) is 17.6. The summed E-state index contributed by atoms with van der Waals surface area (Å²) in [5, 5.41) is 0. The van der Waals surface area contributed by atoms with Crippen molar-refractivity contribution in [1.82, 2.24) is 4.90 Å². The van der Waals surface area contributed by atoms with Crippen LogP contribution in [0.2, 0.25) is 0 Å². The lowest BCUT2D eigenvalue weighted by atomic mass is 9.96. The maximum Gasteiger partial charge on any atom is 0.416 e. The molecule has 1 saturated heterocycles. The lowest BCUT2D eigenvalue weighted by Gasteiger charge is -2.24. The van der Waals surface area contributed by atoms with Crippen molar-refractivity contribution in [2.24, 2.45) is 0 Å². The molecule has 0 radical (unpaired) electrons. The van der Waals surface area contributed by atoms with Gasteiger partial charge in [-0.3, -0.25) is 14.7 Å². The zero-order chi connectivity index (χ0) is 29.2. The molecule has 41 heavy (non-hydrogen) atoms. The van der Waals surface area contributed by atoms with Crippen LogP contribution in [0.5, 0.6) is 11.5 Å². The van der Waals surface area contributed by atoms with Gasteiger partial charge in [0, 0.05) is 31.1 Å². The quantitative estimate of drug-likeness (QED) is 0.188. The zero-order valence-corrected chi connectivity index (χ0v) is 22.8. The van der Waals surface area contributed by atoms with Crippen LogP contribution < -0.4 is 9.62 Å². The number of carbonyl (C=O) groups is 1. The molecule has 1 heterocycles. The number of rotatable bonds is 8. The van der Waals surface area contributed by atoms with E-state index in [4.69, 9.17) is 14.4 Å². The van der Waals surface area contributed by atoms with E-state index in [-0.39, 0.29) is 6.61 Å². The van der Waals surface area contributed by atoms with Crippen molar-refractivity contribution in [3.05, 3.63) is 101 Å². The van der Waals surface area contributed by atoms with Gasteiger partial charge in [-0.1, -0.05) is 36.1 Å². The van der Waals surface area contributed by atoms with Crippen molar-refractivity contribution in [1.29, 1.82) is 0 Å². The summed E-state index contributed by atoms with van der Waals surface area (Å²) in [5.41, 5.74) is 2.98. The molecular formula is C32H30F3NO5. The van der Waals surface area contributed by atoms with E-state index in [1.807, 2.05) is 30.3 Å². The van der Waals surface area contributed by atoms with Gasteiger partial charge in [0.25, 0.3) is 0 Å². The zero-order valence-electron chi connectivity index (χ0n) is 22.8. The number of benzene rings is 3. The van der Waals surface area contributed by atoms with Crippen molar-refractivity contribution < 1.29 is 37.2 Å². The van der Waals surface area contributed by atoms with Gasteiger partial charge in [-0.05, 0) is 72.2 Å².